The van der Waals surface area contributed by atoms with Gasteiger partial charge in [0, 0.05) is 17.0 Å². The van der Waals surface area contributed by atoms with Gasteiger partial charge in [-0.15, -0.1) is 0 Å². The molecule has 0 aromatic heterocycles. The quantitative estimate of drug-likeness (QED) is 0.325. The van der Waals surface area contributed by atoms with E-state index >= 15 is 0 Å². The van der Waals surface area contributed by atoms with Crippen molar-refractivity contribution in [1.29, 1.82) is 0 Å². The molecule has 4 nitrogen and oxygen atoms in total. The fraction of sp³-hybridized carbons (Fsp3) is 0.136. The predicted octanol–water partition coefficient (Wildman–Crippen LogP) is 6.09. The van der Waals surface area contributed by atoms with Crippen molar-refractivity contribution in [3.8, 4) is 16.9 Å². The van der Waals surface area contributed by atoms with Crippen LogP contribution in [0.2, 0.25) is 10.0 Å². The number of sulfone groups is 1. The first kappa shape index (κ1) is 22.3. The number of carbonyl (C=O) groups excluding carboxylic acids is 1. The van der Waals surface area contributed by atoms with E-state index in [0.29, 0.717) is 5.56 Å². The predicted molar refractivity (Wildman–Crippen MR) is 115 cm³/mol. The summed E-state index contributed by atoms with van der Waals surface area (Å²) in [4.78, 5) is 11.4. The van der Waals surface area contributed by atoms with Gasteiger partial charge in [0.15, 0.2) is 15.6 Å². The van der Waals surface area contributed by atoms with Crippen molar-refractivity contribution in [2.75, 3.05) is 0 Å². The summed E-state index contributed by atoms with van der Waals surface area (Å²) < 4.78 is 45.8. The van der Waals surface area contributed by atoms with Gasteiger partial charge >= 0.3 is 5.97 Å². The van der Waals surface area contributed by atoms with Crippen LogP contribution in [0.15, 0.2) is 65.6 Å². The van der Waals surface area contributed by atoms with Gasteiger partial charge in [0.05, 0.1) is 10.8 Å². The summed E-state index contributed by atoms with van der Waals surface area (Å²) in [6, 6.07) is 15.9. The number of rotatable bonds is 6. The third kappa shape index (κ3) is 5.01. The average molecular weight is 467 g/mol. The highest BCUT2D eigenvalue weighted by molar-refractivity contribution is 7.90. The van der Waals surface area contributed by atoms with E-state index in [1.807, 2.05) is 30.3 Å². The Morgan fingerprint density at radius 2 is 1.70 bits per heavy atom. The highest BCUT2D eigenvalue weighted by Crippen LogP contribution is 2.37. The summed E-state index contributed by atoms with van der Waals surface area (Å²) in [5.41, 5.74) is 1.46. The van der Waals surface area contributed by atoms with Crippen LogP contribution in [0, 0.1) is 5.82 Å². The molecule has 0 spiro atoms. The van der Waals surface area contributed by atoms with Crippen LogP contribution in [0.1, 0.15) is 18.9 Å². The number of halogens is 3. The molecule has 0 aliphatic carbocycles. The zero-order valence-corrected chi connectivity index (χ0v) is 18.2. The highest BCUT2D eigenvalue weighted by atomic mass is 35.5. The summed E-state index contributed by atoms with van der Waals surface area (Å²) in [6.07, 6.45) is 0.0200. The minimum absolute atomic E-state index is 0.0200. The Bertz CT molecular complexity index is 1200. The van der Waals surface area contributed by atoms with E-state index in [9.17, 15) is 17.6 Å². The van der Waals surface area contributed by atoms with Crippen molar-refractivity contribution in [2.24, 2.45) is 0 Å². The van der Waals surface area contributed by atoms with E-state index in [-0.39, 0.29) is 32.7 Å². The molecule has 8 heteroatoms. The van der Waals surface area contributed by atoms with Crippen LogP contribution in [-0.2, 0) is 20.4 Å². The third-order valence-corrected chi connectivity index (χ3v) is 6.48. The van der Waals surface area contributed by atoms with Crippen LogP contribution >= 0.6 is 23.2 Å². The number of benzene rings is 3. The lowest BCUT2D eigenvalue weighted by Gasteiger charge is -2.14. The Kier molecular flexibility index (Phi) is 6.81. The van der Waals surface area contributed by atoms with Crippen LogP contribution in [0.25, 0.3) is 11.1 Å². The van der Waals surface area contributed by atoms with E-state index < -0.39 is 27.4 Å². The van der Waals surface area contributed by atoms with E-state index in [1.165, 1.54) is 18.2 Å². The van der Waals surface area contributed by atoms with Gasteiger partial charge in [0.2, 0.25) is 0 Å². The molecule has 156 valence electrons. The summed E-state index contributed by atoms with van der Waals surface area (Å²) in [5.74, 6) is -2.30. The van der Waals surface area contributed by atoms with Crippen LogP contribution in [0.4, 0.5) is 4.39 Å². The number of esters is 1. The lowest BCUT2D eigenvalue weighted by atomic mass is 10.0. The molecule has 0 unspecified atom stereocenters. The Morgan fingerprint density at radius 1 is 1.00 bits per heavy atom. The number of hydrogen-bond acceptors (Lipinski definition) is 4. The van der Waals surface area contributed by atoms with E-state index in [2.05, 4.69) is 0 Å². The fourth-order valence-corrected chi connectivity index (χ4v) is 5.01. The van der Waals surface area contributed by atoms with Crippen molar-refractivity contribution >= 4 is 39.0 Å². The molecule has 0 saturated carbocycles. The minimum atomic E-state index is -4.15. The maximum Gasteiger partial charge on any atom is 0.310 e. The molecule has 30 heavy (non-hydrogen) atoms. The highest BCUT2D eigenvalue weighted by Gasteiger charge is 2.26. The van der Waals surface area contributed by atoms with Crippen LogP contribution in [0.5, 0.6) is 5.75 Å². The number of carbonyl (C=O) groups is 1. The van der Waals surface area contributed by atoms with Gasteiger partial charge in [-0.25, -0.2) is 12.8 Å². The van der Waals surface area contributed by atoms with Crippen molar-refractivity contribution < 1.29 is 22.3 Å². The molecule has 0 aliphatic rings. The van der Waals surface area contributed by atoms with Crippen molar-refractivity contribution in [1.82, 2.24) is 0 Å². The molecule has 3 aromatic rings. The maximum absolute atomic E-state index is 14.5. The number of hydrogen-bond donors (Lipinski definition) is 0. The summed E-state index contributed by atoms with van der Waals surface area (Å²) in [7, 11) is -4.15. The smallest absolute Gasteiger partial charge is 0.310 e. The Balaban J connectivity index is 2.05. The van der Waals surface area contributed by atoms with Crippen molar-refractivity contribution in [2.45, 2.75) is 24.0 Å². The van der Waals surface area contributed by atoms with Gasteiger partial charge in [0.1, 0.15) is 10.7 Å². The normalized spacial score (nSPS) is 11.3. The fourth-order valence-electron chi connectivity index (χ4n) is 2.83. The number of ether oxygens (including phenoxy) is 1. The molecule has 0 fully saturated rings. The molecule has 0 aliphatic heterocycles. The second-order valence-electron chi connectivity index (χ2n) is 6.47. The molecule has 3 aromatic carbocycles. The second kappa shape index (κ2) is 9.16. The van der Waals surface area contributed by atoms with Crippen LogP contribution in [0.3, 0.4) is 0 Å². The molecule has 3 rings (SSSR count). The first-order chi connectivity index (χ1) is 14.2. The Morgan fingerprint density at radius 3 is 2.37 bits per heavy atom. The van der Waals surface area contributed by atoms with Gasteiger partial charge in [-0.2, -0.15) is 0 Å². The minimum Gasteiger partial charge on any atom is -0.424 e. The zero-order chi connectivity index (χ0) is 21.9. The van der Waals surface area contributed by atoms with Crippen LogP contribution in [-0.4, -0.2) is 14.4 Å². The first-order valence-corrected chi connectivity index (χ1v) is 11.4. The van der Waals surface area contributed by atoms with Gasteiger partial charge in [-0.3, -0.25) is 4.79 Å². The zero-order valence-electron chi connectivity index (χ0n) is 15.9. The molecule has 0 atom stereocenters. The summed E-state index contributed by atoms with van der Waals surface area (Å²) >= 11 is 12.1. The van der Waals surface area contributed by atoms with Gasteiger partial charge in [-0.1, -0.05) is 66.5 Å². The van der Waals surface area contributed by atoms with E-state index in [0.717, 1.165) is 11.6 Å². The SMILES string of the molecule is CCC(=O)Oc1c(Cl)cc(Cl)cc1S(=O)(=O)Cc1cc(-c2ccccc2)ccc1F. The summed E-state index contributed by atoms with van der Waals surface area (Å²) in [6.45, 7) is 1.56. The molecule has 0 N–H and O–H groups in total. The van der Waals surface area contributed by atoms with Crippen molar-refractivity contribution in [3.05, 3.63) is 82.1 Å². The lowest BCUT2D eigenvalue weighted by molar-refractivity contribution is -0.134. The summed E-state index contributed by atoms with van der Waals surface area (Å²) in [5, 5.41) is -0.0743. The molecular formula is C22H17Cl2FO4S. The van der Waals surface area contributed by atoms with Gasteiger partial charge in [0.25, 0.3) is 0 Å². The standard InChI is InChI=1S/C22H17Cl2FO4S/c1-2-21(26)29-22-18(24)11-17(23)12-20(22)30(27,28)13-16-10-15(8-9-19(16)25)14-6-4-3-5-7-14/h3-12H,2,13H2,1H3. The maximum atomic E-state index is 14.5. The first-order valence-electron chi connectivity index (χ1n) is 8.97. The lowest BCUT2D eigenvalue weighted by Crippen LogP contribution is -2.13. The van der Waals surface area contributed by atoms with Crippen LogP contribution < -0.4 is 4.74 Å². The van der Waals surface area contributed by atoms with Crippen molar-refractivity contribution in [3.63, 3.8) is 0 Å². The molecule has 0 radical (unpaired) electrons. The molecule has 0 bridgehead atoms. The largest absolute Gasteiger partial charge is 0.424 e. The Hall–Kier alpha value is -2.41. The Labute approximate surface area is 184 Å². The molecular weight excluding hydrogens is 450 g/mol. The van der Waals surface area contributed by atoms with Gasteiger partial charge < -0.3 is 4.74 Å². The molecule has 0 amide bonds. The third-order valence-electron chi connectivity index (χ3n) is 4.31. The van der Waals surface area contributed by atoms with Gasteiger partial charge in [-0.05, 0) is 35.4 Å². The monoisotopic (exact) mass is 466 g/mol. The topological polar surface area (TPSA) is 60.4 Å². The molecule has 0 heterocycles. The molecule has 0 saturated heterocycles. The van der Waals surface area contributed by atoms with E-state index in [1.54, 1.807) is 13.0 Å². The van der Waals surface area contributed by atoms with E-state index in [4.69, 9.17) is 27.9 Å². The second-order valence-corrected chi connectivity index (χ2v) is 9.28. The average Bonchev–Trinajstić information content (AvgIpc) is 2.71.